The molecule has 1 aliphatic carbocycles. The highest BCUT2D eigenvalue weighted by Crippen LogP contribution is 2.33. The number of hydrazone groups is 1. The van der Waals surface area contributed by atoms with Crippen molar-refractivity contribution < 1.29 is 14.6 Å². The van der Waals surface area contributed by atoms with Crippen molar-refractivity contribution in [2.45, 2.75) is 33.6 Å². The molecule has 2 aliphatic rings. The zero-order valence-corrected chi connectivity index (χ0v) is 18.8. The molecule has 32 heavy (non-hydrogen) atoms. The highest BCUT2D eigenvalue weighted by Gasteiger charge is 2.33. The van der Waals surface area contributed by atoms with Crippen LogP contribution in [0.1, 0.15) is 44.7 Å². The van der Waals surface area contributed by atoms with E-state index in [4.69, 9.17) is 9.84 Å². The number of nitrogens with zero attached hydrogens (tertiary/aromatic N) is 3. The number of carbonyl (C=O) groups excluding carboxylic acids is 1. The Morgan fingerprint density at radius 1 is 1.19 bits per heavy atom. The van der Waals surface area contributed by atoms with Gasteiger partial charge in [-0.15, -0.1) is 0 Å². The third-order valence-electron chi connectivity index (χ3n) is 5.40. The molecule has 1 heterocycles. The Bertz CT molecular complexity index is 1170. The Labute approximate surface area is 188 Å². The van der Waals surface area contributed by atoms with Crippen LogP contribution in [0.4, 0.5) is 0 Å². The van der Waals surface area contributed by atoms with Gasteiger partial charge in [-0.1, -0.05) is 61.9 Å². The fourth-order valence-electron chi connectivity index (χ4n) is 4.21. The normalized spacial score (nSPS) is 20.5. The number of phenolic OH excluding ortho intramolecular Hbond substituents is 1. The summed E-state index contributed by atoms with van der Waals surface area (Å²) < 4.78 is 5.18. The topological polar surface area (TPSA) is 74.5 Å². The maximum absolute atomic E-state index is 13.4. The largest absolute Gasteiger partial charge is 0.504 e. The number of aliphatic imine (C=N–C) groups is 1. The van der Waals surface area contributed by atoms with Gasteiger partial charge in [0.1, 0.15) is 5.70 Å². The second-order valence-corrected chi connectivity index (χ2v) is 8.88. The maximum atomic E-state index is 13.4. The smallest absolute Gasteiger partial charge is 0.298 e. The molecule has 0 unspecified atom stereocenters. The third-order valence-corrected chi connectivity index (χ3v) is 5.40. The van der Waals surface area contributed by atoms with Crippen molar-refractivity contribution in [2.75, 3.05) is 7.11 Å². The Kier molecular flexibility index (Phi) is 5.70. The molecular formula is C26H27N3O3. The van der Waals surface area contributed by atoms with Gasteiger partial charge in [0.15, 0.2) is 17.3 Å². The van der Waals surface area contributed by atoms with Crippen molar-refractivity contribution in [3.63, 3.8) is 0 Å². The van der Waals surface area contributed by atoms with Crippen molar-refractivity contribution in [3.8, 4) is 11.5 Å². The molecule has 0 atom stereocenters. The highest BCUT2D eigenvalue weighted by atomic mass is 16.5. The molecule has 0 radical (unpaired) electrons. The van der Waals surface area contributed by atoms with Crippen LogP contribution >= 0.6 is 0 Å². The number of hydrogen-bond acceptors (Lipinski definition) is 5. The van der Waals surface area contributed by atoms with Crippen LogP contribution in [0.3, 0.4) is 0 Å². The molecule has 0 saturated heterocycles. The summed E-state index contributed by atoms with van der Waals surface area (Å²) in [5.41, 5.74) is 4.00. The fraction of sp³-hybridized carbons (Fsp3) is 0.269. The summed E-state index contributed by atoms with van der Waals surface area (Å²) in [7, 11) is 1.48. The molecule has 2 aromatic carbocycles. The summed E-state index contributed by atoms with van der Waals surface area (Å²) in [6.45, 7) is 6.44. The summed E-state index contributed by atoms with van der Waals surface area (Å²) in [5.74, 6) is 0.594. The summed E-state index contributed by atoms with van der Waals surface area (Å²) in [4.78, 5) is 18.0. The van der Waals surface area contributed by atoms with E-state index < -0.39 is 0 Å². The second kappa shape index (κ2) is 8.46. The van der Waals surface area contributed by atoms with Crippen LogP contribution in [-0.4, -0.2) is 34.7 Å². The Morgan fingerprint density at radius 3 is 2.62 bits per heavy atom. The number of aromatic hydroxyl groups is 1. The number of benzene rings is 2. The van der Waals surface area contributed by atoms with Crippen LogP contribution in [0.25, 0.3) is 6.08 Å². The number of phenols is 1. The molecule has 6 heteroatoms. The van der Waals surface area contributed by atoms with E-state index in [1.807, 2.05) is 30.3 Å². The van der Waals surface area contributed by atoms with E-state index in [2.05, 4.69) is 31.8 Å². The Morgan fingerprint density at radius 2 is 1.94 bits per heavy atom. The van der Waals surface area contributed by atoms with Gasteiger partial charge < -0.3 is 9.84 Å². The quantitative estimate of drug-likeness (QED) is 0.539. The second-order valence-electron chi connectivity index (χ2n) is 8.88. The molecular weight excluding hydrogens is 402 g/mol. The molecule has 2 aromatic rings. The van der Waals surface area contributed by atoms with Crippen LogP contribution in [0.2, 0.25) is 0 Å². The van der Waals surface area contributed by atoms with Gasteiger partial charge in [-0.3, -0.25) is 4.79 Å². The predicted octanol–water partition coefficient (Wildman–Crippen LogP) is 5.15. The number of methoxy groups -OCH3 is 1. The molecule has 164 valence electrons. The van der Waals surface area contributed by atoms with Crippen molar-refractivity contribution in [1.29, 1.82) is 0 Å². The number of carbonyl (C=O) groups is 1. The summed E-state index contributed by atoms with van der Waals surface area (Å²) in [5, 5.41) is 16.1. The molecule has 1 amide bonds. The van der Waals surface area contributed by atoms with Crippen molar-refractivity contribution >= 4 is 23.5 Å². The number of allylic oxidation sites excluding steroid dienone is 2. The summed E-state index contributed by atoms with van der Waals surface area (Å²) in [6.07, 6.45) is 5.48. The Hall–Kier alpha value is -3.67. The van der Waals surface area contributed by atoms with Gasteiger partial charge in [0.2, 0.25) is 0 Å². The maximum Gasteiger partial charge on any atom is 0.298 e. The first kappa shape index (κ1) is 21.6. The average Bonchev–Trinajstić information content (AvgIpc) is 3.04. The zero-order valence-electron chi connectivity index (χ0n) is 18.8. The molecule has 0 bridgehead atoms. The van der Waals surface area contributed by atoms with Crippen molar-refractivity contribution in [1.82, 2.24) is 5.01 Å². The van der Waals surface area contributed by atoms with E-state index in [-0.39, 0.29) is 22.8 Å². The minimum absolute atomic E-state index is 0.00471. The van der Waals surface area contributed by atoms with Gasteiger partial charge >= 0.3 is 0 Å². The molecule has 0 fully saturated rings. The monoisotopic (exact) mass is 429 g/mol. The highest BCUT2D eigenvalue weighted by molar-refractivity contribution is 6.20. The zero-order chi connectivity index (χ0) is 22.9. The minimum atomic E-state index is -0.284. The van der Waals surface area contributed by atoms with Gasteiger partial charge in [0.05, 0.1) is 7.11 Å². The van der Waals surface area contributed by atoms with Gasteiger partial charge in [-0.2, -0.15) is 10.1 Å². The van der Waals surface area contributed by atoms with Crippen LogP contribution in [0, 0.1) is 5.41 Å². The first-order valence-electron chi connectivity index (χ1n) is 10.6. The lowest BCUT2D eigenvalue weighted by Gasteiger charge is -2.28. The van der Waals surface area contributed by atoms with E-state index in [0.29, 0.717) is 17.1 Å². The number of rotatable bonds is 4. The van der Waals surface area contributed by atoms with Crippen LogP contribution < -0.4 is 4.74 Å². The van der Waals surface area contributed by atoms with Crippen molar-refractivity contribution in [3.05, 3.63) is 77.0 Å². The molecule has 4 rings (SSSR count). The van der Waals surface area contributed by atoms with Gasteiger partial charge in [0, 0.05) is 17.7 Å². The summed E-state index contributed by atoms with van der Waals surface area (Å²) >= 11 is 0. The SMILES string of the molecule is COc1cc(/C=C2/N=C(c3ccccc3)N(/N=C3/CC(C)=CC(C)(C)C3)C2=O)ccc1O. The lowest BCUT2D eigenvalue weighted by atomic mass is 9.79. The number of amides is 1. The lowest BCUT2D eigenvalue weighted by molar-refractivity contribution is -0.122. The molecule has 1 N–H and O–H groups in total. The number of ether oxygens (including phenoxy) is 1. The average molecular weight is 430 g/mol. The fourth-order valence-corrected chi connectivity index (χ4v) is 4.21. The minimum Gasteiger partial charge on any atom is -0.504 e. The summed E-state index contributed by atoms with van der Waals surface area (Å²) in [6, 6.07) is 14.5. The number of amidine groups is 1. The van der Waals surface area contributed by atoms with Crippen molar-refractivity contribution in [2.24, 2.45) is 15.5 Å². The van der Waals surface area contributed by atoms with Gasteiger partial charge in [-0.25, -0.2) is 4.99 Å². The molecule has 0 saturated carbocycles. The molecule has 0 spiro atoms. The lowest BCUT2D eigenvalue weighted by Crippen LogP contribution is -2.31. The van der Waals surface area contributed by atoms with Crippen LogP contribution in [0.15, 0.2) is 76.0 Å². The van der Waals surface area contributed by atoms with Gasteiger partial charge in [0.25, 0.3) is 5.91 Å². The standard InChI is InChI=1S/C26H27N3O3/c1-17-12-20(16-26(2,3)15-17)28-29-24(19-8-6-5-7-9-19)27-21(25(29)31)13-18-10-11-22(30)23(14-18)32-4/h5-11,13-15,30H,12,16H2,1-4H3/b21-13+,28-20-. The van der Waals surface area contributed by atoms with E-state index in [1.54, 1.807) is 18.2 Å². The van der Waals surface area contributed by atoms with Crippen LogP contribution in [0.5, 0.6) is 11.5 Å². The molecule has 6 nitrogen and oxygen atoms in total. The van der Waals surface area contributed by atoms with E-state index >= 15 is 0 Å². The molecule has 0 aromatic heterocycles. The van der Waals surface area contributed by atoms with E-state index in [1.165, 1.54) is 23.8 Å². The first-order valence-corrected chi connectivity index (χ1v) is 10.6. The van der Waals surface area contributed by atoms with E-state index in [0.717, 1.165) is 24.1 Å². The third kappa shape index (κ3) is 4.49. The van der Waals surface area contributed by atoms with Gasteiger partial charge in [-0.05, 0) is 42.5 Å². The Balaban J connectivity index is 1.75. The molecule has 1 aliphatic heterocycles. The number of hydrogen-bond donors (Lipinski definition) is 1. The predicted molar refractivity (Wildman–Crippen MR) is 127 cm³/mol. The van der Waals surface area contributed by atoms with Crippen LogP contribution in [-0.2, 0) is 4.79 Å². The van der Waals surface area contributed by atoms with E-state index in [9.17, 15) is 9.90 Å². The first-order chi connectivity index (χ1) is 15.3.